The number of aromatic nitrogens is 1. The van der Waals surface area contributed by atoms with Crippen molar-refractivity contribution >= 4 is 0 Å². The highest BCUT2D eigenvalue weighted by Crippen LogP contribution is 2.36. The summed E-state index contributed by atoms with van der Waals surface area (Å²) in [6, 6.07) is 4.72. The highest BCUT2D eigenvalue weighted by atomic mass is 19.1. The first-order chi connectivity index (χ1) is 12.2. The van der Waals surface area contributed by atoms with Crippen LogP contribution < -0.4 is 5.56 Å². The molecule has 6 heteroatoms. The van der Waals surface area contributed by atoms with Crippen molar-refractivity contribution in [1.29, 1.82) is 0 Å². The van der Waals surface area contributed by atoms with Gasteiger partial charge in [0.05, 0.1) is 19.3 Å². The van der Waals surface area contributed by atoms with Crippen LogP contribution in [0.4, 0.5) is 4.39 Å². The number of fused-ring (bicyclic) bond motifs is 4. The lowest BCUT2D eigenvalue weighted by Gasteiger charge is -2.47. The zero-order valence-corrected chi connectivity index (χ0v) is 14.6. The van der Waals surface area contributed by atoms with Crippen LogP contribution in [0.1, 0.15) is 30.0 Å². The first-order valence-corrected chi connectivity index (χ1v) is 9.58. The van der Waals surface area contributed by atoms with E-state index in [1.807, 2.05) is 10.6 Å². The number of likely N-dealkylation sites (tertiary alicyclic amines) is 2. The lowest BCUT2D eigenvalue weighted by atomic mass is 9.82. The van der Waals surface area contributed by atoms with Crippen molar-refractivity contribution < 1.29 is 9.13 Å². The molecule has 4 aliphatic heterocycles. The maximum absolute atomic E-state index is 13.4. The second kappa shape index (κ2) is 6.18. The van der Waals surface area contributed by atoms with Crippen molar-refractivity contribution in [2.45, 2.75) is 44.1 Å². The van der Waals surface area contributed by atoms with Gasteiger partial charge in [-0.3, -0.25) is 14.6 Å². The molecular formula is C19H26FN3O2. The Balaban J connectivity index is 1.38. The molecule has 0 saturated carbocycles. The van der Waals surface area contributed by atoms with Crippen molar-refractivity contribution in [3.8, 4) is 0 Å². The monoisotopic (exact) mass is 347 g/mol. The van der Waals surface area contributed by atoms with E-state index in [2.05, 4.69) is 15.9 Å². The van der Waals surface area contributed by atoms with E-state index < -0.39 is 6.17 Å². The lowest BCUT2D eigenvalue weighted by molar-refractivity contribution is -0.0827. The standard InChI is InChI=1S/C19H26FN3O2/c20-16-3-4-21(10-16)8-14-1-2-18-15-5-13(7-23(18)19(14)24)6-22(9-15)17-11-25-12-17/h1-2,13,15-17H,3-12H2/t13-,15+,16-/m0/s1. The minimum atomic E-state index is -0.735. The molecule has 0 radical (unpaired) electrons. The molecule has 5 nitrogen and oxygen atoms in total. The van der Waals surface area contributed by atoms with Gasteiger partial charge in [0.2, 0.25) is 0 Å². The van der Waals surface area contributed by atoms with Crippen LogP contribution in [-0.2, 0) is 17.8 Å². The summed E-state index contributed by atoms with van der Waals surface area (Å²) >= 11 is 0. The Bertz CT molecular complexity index is 717. The molecule has 3 saturated heterocycles. The number of hydrogen-bond donors (Lipinski definition) is 0. The highest BCUT2D eigenvalue weighted by Gasteiger charge is 2.39. The Labute approximate surface area is 147 Å². The first-order valence-electron chi connectivity index (χ1n) is 9.58. The predicted molar refractivity (Wildman–Crippen MR) is 92.5 cm³/mol. The summed E-state index contributed by atoms with van der Waals surface area (Å²) in [6.45, 7) is 6.47. The van der Waals surface area contributed by atoms with Crippen molar-refractivity contribution in [3.63, 3.8) is 0 Å². The molecule has 3 fully saturated rings. The van der Waals surface area contributed by atoms with E-state index in [-0.39, 0.29) is 5.56 Å². The van der Waals surface area contributed by atoms with E-state index in [0.29, 0.717) is 37.4 Å². The number of rotatable bonds is 3. The van der Waals surface area contributed by atoms with Crippen molar-refractivity contribution in [1.82, 2.24) is 14.4 Å². The summed E-state index contributed by atoms with van der Waals surface area (Å²) in [6.07, 6.45) is 1.05. The third-order valence-electron chi connectivity index (χ3n) is 6.46. The van der Waals surface area contributed by atoms with Crippen LogP contribution in [0.25, 0.3) is 0 Å². The minimum Gasteiger partial charge on any atom is -0.378 e. The molecule has 2 bridgehead atoms. The largest absolute Gasteiger partial charge is 0.378 e. The van der Waals surface area contributed by atoms with Gasteiger partial charge < -0.3 is 9.30 Å². The average Bonchev–Trinajstić information content (AvgIpc) is 2.94. The SMILES string of the molecule is O=c1c(CN2CC[C@H](F)C2)ccc2n1C[C@H]1C[C@@H]2CN(C2COC2)C1. The van der Waals surface area contributed by atoms with E-state index in [0.717, 1.165) is 45.0 Å². The zero-order valence-electron chi connectivity index (χ0n) is 14.6. The smallest absolute Gasteiger partial charge is 0.255 e. The Kier molecular flexibility index (Phi) is 3.95. The van der Waals surface area contributed by atoms with Gasteiger partial charge in [0.25, 0.3) is 5.56 Å². The number of piperidine rings is 1. The average molecular weight is 347 g/mol. The van der Waals surface area contributed by atoms with Gasteiger partial charge in [0.1, 0.15) is 6.17 Å². The van der Waals surface area contributed by atoms with E-state index in [9.17, 15) is 9.18 Å². The van der Waals surface area contributed by atoms with Gasteiger partial charge >= 0.3 is 0 Å². The van der Waals surface area contributed by atoms with Crippen LogP contribution in [0.2, 0.25) is 0 Å². The highest BCUT2D eigenvalue weighted by molar-refractivity contribution is 5.22. The third-order valence-corrected chi connectivity index (χ3v) is 6.46. The van der Waals surface area contributed by atoms with Gasteiger partial charge in [-0.25, -0.2) is 4.39 Å². The fraction of sp³-hybridized carbons (Fsp3) is 0.737. The molecule has 0 aliphatic carbocycles. The van der Waals surface area contributed by atoms with Crippen molar-refractivity contribution in [2.24, 2.45) is 5.92 Å². The fourth-order valence-corrected chi connectivity index (χ4v) is 5.05. The Morgan fingerprint density at radius 1 is 1.16 bits per heavy atom. The third kappa shape index (κ3) is 2.84. The number of alkyl halides is 1. The second-order valence-corrected chi connectivity index (χ2v) is 8.26. The summed E-state index contributed by atoms with van der Waals surface area (Å²) in [4.78, 5) is 17.6. The molecule has 0 aromatic carbocycles. The Hall–Kier alpha value is -1.24. The molecule has 0 unspecified atom stereocenters. The maximum Gasteiger partial charge on any atom is 0.255 e. The topological polar surface area (TPSA) is 37.7 Å². The zero-order chi connectivity index (χ0) is 17.0. The summed E-state index contributed by atoms with van der Waals surface area (Å²) in [5.74, 6) is 1.01. The van der Waals surface area contributed by atoms with E-state index in [1.54, 1.807) is 0 Å². The number of hydrogen-bond acceptors (Lipinski definition) is 4. The minimum absolute atomic E-state index is 0.148. The molecule has 5 rings (SSSR count). The van der Waals surface area contributed by atoms with Gasteiger partial charge in [-0.2, -0.15) is 0 Å². The second-order valence-electron chi connectivity index (χ2n) is 8.26. The van der Waals surface area contributed by atoms with Crippen LogP contribution in [0.3, 0.4) is 0 Å². The molecule has 25 heavy (non-hydrogen) atoms. The molecule has 0 amide bonds. The summed E-state index contributed by atoms with van der Waals surface area (Å²) < 4.78 is 20.8. The van der Waals surface area contributed by atoms with Crippen LogP contribution >= 0.6 is 0 Å². The van der Waals surface area contributed by atoms with Gasteiger partial charge in [0.15, 0.2) is 0 Å². The molecule has 0 N–H and O–H groups in total. The number of pyridine rings is 1. The molecule has 5 heterocycles. The fourth-order valence-electron chi connectivity index (χ4n) is 5.05. The molecule has 1 aromatic rings. The summed E-state index contributed by atoms with van der Waals surface area (Å²) in [5.41, 5.74) is 2.16. The lowest BCUT2D eigenvalue weighted by Crippen LogP contribution is -2.56. The number of ether oxygens (including phenoxy) is 1. The Morgan fingerprint density at radius 2 is 2.04 bits per heavy atom. The van der Waals surface area contributed by atoms with Crippen LogP contribution in [0, 0.1) is 5.92 Å². The van der Waals surface area contributed by atoms with Crippen molar-refractivity contribution in [2.75, 3.05) is 39.4 Å². The van der Waals surface area contributed by atoms with Gasteiger partial charge in [0, 0.05) is 56.4 Å². The molecule has 0 spiro atoms. The molecule has 3 atom stereocenters. The maximum atomic E-state index is 13.4. The predicted octanol–water partition coefficient (Wildman–Crippen LogP) is 1.21. The normalized spacial score (nSPS) is 33.2. The van der Waals surface area contributed by atoms with Crippen LogP contribution in [-0.4, -0.2) is 66.0 Å². The summed E-state index contributed by atoms with van der Waals surface area (Å²) in [7, 11) is 0. The number of nitrogens with zero attached hydrogens (tertiary/aromatic N) is 3. The number of halogens is 1. The first kappa shape index (κ1) is 16.0. The van der Waals surface area contributed by atoms with E-state index in [4.69, 9.17) is 4.74 Å². The molecular weight excluding hydrogens is 321 g/mol. The van der Waals surface area contributed by atoms with E-state index >= 15 is 0 Å². The molecule has 1 aromatic heterocycles. The van der Waals surface area contributed by atoms with Gasteiger partial charge in [-0.1, -0.05) is 6.07 Å². The Morgan fingerprint density at radius 3 is 2.76 bits per heavy atom. The summed E-state index contributed by atoms with van der Waals surface area (Å²) in [5, 5.41) is 0. The van der Waals surface area contributed by atoms with E-state index in [1.165, 1.54) is 12.1 Å². The van der Waals surface area contributed by atoms with Crippen molar-refractivity contribution in [3.05, 3.63) is 33.7 Å². The van der Waals surface area contributed by atoms with Crippen LogP contribution in [0.15, 0.2) is 16.9 Å². The molecule has 4 aliphatic rings. The van der Waals surface area contributed by atoms with Crippen LogP contribution in [0.5, 0.6) is 0 Å². The van der Waals surface area contributed by atoms with Gasteiger partial charge in [-0.15, -0.1) is 0 Å². The van der Waals surface area contributed by atoms with Gasteiger partial charge in [-0.05, 0) is 24.8 Å². The quantitative estimate of drug-likeness (QED) is 0.824. The molecule has 136 valence electrons.